The van der Waals surface area contributed by atoms with Crippen LogP contribution in [0.4, 0.5) is 0 Å². The van der Waals surface area contributed by atoms with Gasteiger partial charge in [0.1, 0.15) is 0 Å². The first-order chi connectivity index (χ1) is 10.8. The molecular formula is C18H27ClN2O. The maximum Gasteiger partial charge on any atom is 0.0446 e. The Morgan fingerprint density at radius 1 is 1.09 bits per heavy atom. The Bertz CT molecular complexity index is 459. The summed E-state index contributed by atoms with van der Waals surface area (Å²) in [4.78, 5) is 5.20. The Kier molecular flexibility index (Phi) is 5.75. The highest BCUT2D eigenvalue weighted by Crippen LogP contribution is 2.28. The van der Waals surface area contributed by atoms with Gasteiger partial charge in [0.2, 0.25) is 0 Å². The van der Waals surface area contributed by atoms with E-state index in [1.807, 2.05) is 12.1 Å². The van der Waals surface area contributed by atoms with Crippen molar-refractivity contribution in [3.63, 3.8) is 0 Å². The lowest BCUT2D eigenvalue weighted by atomic mass is 10.0. The normalized spacial score (nSPS) is 24.9. The second kappa shape index (κ2) is 7.78. The van der Waals surface area contributed by atoms with Crippen molar-refractivity contribution < 1.29 is 5.11 Å². The zero-order valence-corrected chi connectivity index (χ0v) is 14.0. The highest BCUT2D eigenvalue weighted by molar-refractivity contribution is 6.30. The van der Waals surface area contributed by atoms with Crippen LogP contribution < -0.4 is 0 Å². The van der Waals surface area contributed by atoms with Crippen molar-refractivity contribution in [2.75, 3.05) is 26.2 Å². The van der Waals surface area contributed by atoms with E-state index in [4.69, 9.17) is 11.6 Å². The van der Waals surface area contributed by atoms with Gasteiger partial charge in [0, 0.05) is 49.9 Å². The summed E-state index contributed by atoms with van der Waals surface area (Å²) < 4.78 is 0. The van der Waals surface area contributed by atoms with E-state index in [0.717, 1.165) is 43.7 Å². The molecule has 1 aliphatic heterocycles. The Morgan fingerprint density at radius 3 is 2.50 bits per heavy atom. The Labute approximate surface area is 138 Å². The zero-order chi connectivity index (χ0) is 15.4. The molecule has 0 radical (unpaired) electrons. The quantitative estimate of drug-likeness (QED) is 0.902. The highest BCUT2D eigenvalue weighted by atomic mass is 35.5. The van der Waals surface area contributed by atoms with Crippen molar-refractivity contribution in [1.82, 2.24) is 9.80 Å². The molecule has 0 amide bonds. The molecule has 22 heavy (non-hydrogen) atoms. The minimum atomic E-state index is 0.294. The molecule has 0 unspecified atom stereocenters. The monoisotopic (exact) mass is 322 g/mol. The van der Waals surface area contributed by atoms with E-state index in [0.29, 0.717) is 12.6 Å². The molecule has 1 atom stereocenters. The number of hydrogen-bond donors (Lipinski definition) is 1. The molecule has 0 bridgehead atoms. The van der Waals surface area contributed by atoms with Crippen LogP contribution in [0.1, 0.15) is 37.7 Å². The molecule has 2 aliphatic rings. The van der Waals surface area contributed by atoms with Gasteiger partial charge in [-0.2, -0.15) is 0 Å². The molecule has 3 rings (SSSR count). The van der Waals surface area contributed by atoms with Crippen molar-refractivity contribution >= 4 is 11.6 Å². The first-order valence-corrected chi connectivity index (χ1v) is 8.97. The van der Waals surface area contributed by atoms with Crippen LogP contribution in [-0.4, -0.2) is 53.2 Å². The summed E-state index contributed by atoms with van der Waals surface area (Å²) in [6.07, 6.45) is 6.34. The number of benzene rings is 1. The molecule has 4 heteroatoms. The van der Waals surface area contributed by atoms with Crippen LogP contribution >= 0.6 is 11.6 Å². The molecule has 2 fully saturated rings. The van der Waals surface area contributed by atoms with Gasteiger partial charge in [-0.3, -0.25) is 9.80 Å². The van der Waals surface area contributed by atoms with Crippen LogP contribution in [0.25, 0.3) is 0 Å². The highest BCUT2D eigenvalue weighted by Gasteiger charge is 2.32. The second-order valence-electron chi connectivity index (χ2n) is 6.70. The predicted molar refractivity (Wildman–Crippen MR) is 91.2 cm³/mol. The maximum absolute atomic E-state index is 9.43. The van der Waals surface area contributed by atoms with Crippen molar-refractivity contribution in [2.45, 2.75) is 50.7 Å². The molecule has 122 valence electrons. The van der Waals surface area contributed by atoms with Crippen molar-refractivity contribution in [2.24, 2.45) is 0 Å². The molecule has 1 aliphatic carbocycles. The Hall–Kier alpha value is -0.610. The number of aliphatic hydroxyl groups is 1. The summed E-state index contributed by atoms with van der Waals surface area (Å²) in [7, 11) is 0. The van der Waals surface area contributed by atoms with Gasteiger partial charge in [-0.15, -0.1) is 0 Å². The second-order valence-corrected chi connectivity index (χ2v) is 7.14. The van der Waals surface area contributed by atoms with Gasteiger partial charge in [0.15, 0.2) is 0 Å². The van der Waals surface area contributed by atoms with Crippen LogP contribution in [0.5, 0.6) is 0 Å². The average Bonchev–Trinajstić information content (AvgIpc) is 3.04. The third-order valence-electron chi connectivity index (χ3n) is 5.19. The van der Waals surface area contributed by atoms with Crippen LogP contribution in [0.2, 0.25) is 5.02 Å². The minimum absolute atomic E-state index is 0.294. The summed E-state index contributed by atoms with van der Waals surface area (Å²) in [6, 6.07) is 9.44. The predicted octanol–water partition coefficient (Wildman–Crippen LogP) is 3.15. The molecule has 1 saturated heterocycles. The number of aliphatic hydroxyl groups excluding tert-OH is 1. The molecule has 1 aromatic rings. The number of nitrogens with zero attached hydrogens (tertiary/aromatic N) is 2. The first-order valence-electron chi connectivity index (χ1n) is 8.59. The molecule has 0 aromatic heterocycles. The van der Waals surface area contributed by atoms with E-state index < -0.39 is 0 Å². The number of hydrogen-bond acceptors (Lipinski definition) is 3. The SMILES string of the molecule is OCC[C@@H]1CN(Cc2ccc(Cl)cc2)CCN1C1CCCC1. The molecule has 1 N–H and O–H groups in total. The number of rotatable bonds is 5. The maximum atomic E-state index is 9.43. The fraction of sp³-hybridized carbons (Fsp3) is 0.667. The summed E-state index contributed by atoms with van der Waals surface area (Å²) in [5, 5.41) is 10.2. The van der Waals surface area contributed by atoms with Gasteiger partial charge in [-0.25, -0.2) is 0 Å². The smallest absolute Gasteiger partial charge is 0.0446 e. The molecule has 3 nitrogen and oxygen atoms in total. The number of halogens is 1. The Morgan fingerprint density at radius 2 is 1.82 bits per heavy atom. The third kappa shape index (κ3) is 4.02. The van der Waals surface area contributed by atoms with Crippen molar-refractivity contribution in [3.8, 4) is 0 Å². The van der Waals surface area contributed by atoms with Gasteiger partial charge in [-0.05, 0) is 37.0 Å². The standard InChI is InChI=1S/C18H27ClN2O/c19-16-7-5-15(6-8-16)13-20-10-11-21(17-3-1-2-4-17)18(14-20)9-12-22/h5-8,17-18,22H,1-4,9-14H2/t18-/m1/s1. The topological polar surface area (TPSA) is 26.7 Å². The Balaban J connectivity index is 1.60. The fourth-order valence-corrected chi connectivity index (χ4v) is 4.17. The van der Waals surface area contributed by atoms with Gasteiger partial charge in [0.25, 0.3) is 0 Å². The van der Waals surface area contributed by atoms with E-state index in [9.17, 15) is 5.11 Å². The van der Waals surface area contributed by atoms with Gasteiger partial charge in [-0.1, -0.05) is 36.6 Å². The lowest BCUT2D eigenvalue weighted by Gasteiger charge is -2.44. The van der Waals surface area contributed by atoms with Crippen molar-refractivity contribution in [3.05, 3.63) is 34.9 Å². The summed E-state index contributed by atoms with van der Waals surface area (Å²) in [5.41, 5.74) is 1.32. The van der Waals surface area contributed by atoms with Crippen molar-refractivity contribution in [1.29, 1.82) is 0 Å². The molecule has 0 spiro atoms. The van der Waals surface area contributed by atoms with E-state index in [-0.39, 0.29) is 0 Å². The minimum Gasteiger partial charge on any atom is -0.396 e. The summed E-state index contributed by atoms with van der Waals surface area (Å²) >= 11 is 5.96. The lowest BCUT2D eigenvalue weighted by Crippen LogP contribution is -2.55. The van der Waals surface area contributed by atoms with Gasteiger partial charge in [0.05, 0.1) is 0 Å². The van der Waals surface area contributed by atoms with Crippen LogP contribution in [0.3, 0.4) is 0 Å². The molecule has 1 saturated carbocycles. The van der Waals surface area contributed by atoms with Crippen LogP contribution in [-0.2, 0) is 6.54 Å². The first kappa shape index (κ1) is 16.3. The van der Waals surface area contributed by atoms with E-state index in [1.54, 1.807) is 0 Å². The zero-order valence-electron chi connectivity index (χ0n) is 13.3. The molecular weight excluding hydrogens is 296 g/mol. The largest absolute Gasteiger partial charge is 0.396 e. The summed E-state index contributed by atoms with van der Waals surface area (Å²) in [6.45, 7) is 4.62. The molecule has 1 aromatic carbocycles. The van der Waals surface area contributed by atoms with Gasteiger partial charge < -0.3 is 5.11 Å². The summed E-state index contributed by atoms with van der Waals surface area (Å²) in [5.74, 6) is 0. The van der Waals surface area contributed by atoms with E-state index in [2.05, 4.69) is 21.9 Å². The van der Waals surface area contributed by atoms with E-state index >= 15 is 0 Å². The van der Waals surface area contributed by atoms with Crippen LogP contribution in [0.15, 0.2) is 24.3 Å². The fourth-order valence-electron chi connectivity index (χ4n) is 4.05. The van der Waals surface area contributed by atoms with E-state index in [1.165, 1.54) is 31.2 Å². The number of piperazine rings is 1. The van der Waals surface area contributed by atoms with Gasteiger partial charge >= 0.3 is 0 Å². The van der Waals surface area contributed by atoms with Crippen LogP contribution in [0, 0.1) is 0 Å². The third-order valence-corrected chi connectivity index (χ3v) is 5.44. The lowest BCUT2D eigenvalue weighted by molar-refractivity contribution is 0.0267. The average molecular weight is 323 g/mol. The molecule has 1 heterocycles.